The lowest BCUT2D eigenvalue weighted by Crippen LogP contribution is -2.12. The summed E-state index contributed by atoms with van der Waals surface area (Å²) in [7, 11) is 0. The highest BCUT2D eigenvalue weighted by molar-refractivity contribution is 9.10. The maximum Gasteiger partial charge on any atom is 0.182 e. The van der Waals surface area contributed by atoms with Crippen molar-refractivity contribution in [3.8, 4) is 11.4 Å². The highest BCUT2D eigenvalue weighted by Gasteiger charge is 2.09. The zero-order chi connectivity index (χ0) is 11.5. The van der Waals surface area contributed by atoms with Crippen LogP contribution in [0.15, 0.2) is 22.7 Å². The molecule has 16 heavy (non-hydrogen) atoms. The summed E-state index contributed by atoms with van der Waals surface area (Å²) < 4.78 is 2.48. The van der Waals surface area contributed by atoms with Crippen LogP contribution in [-0.4, -0.2) is 26.8 Å². The molecule has 0 fully saturated rings. The number of halogens is 2. The zero-order valence-corrected chi connectivity index (χ0v) is 10.6. The van der Waals surface area contributed by atoms with Crippen LogP contribution in [0.4, 0.5) is 0 Å². The molecule has 0 saturated carbocycles. The summed E-state index contributed by atoms with van der Waals surface area (Å²) in [5, 5.41) is 12.1. The van der Waals surface area contributed by atoms with Crippen LogP contribution >= 0.6 is 27.5 Å². The van der Waals surface area contributed by atoms with Crippen molar-refractivity contribution >= 4 is 27.5 Å². The van der Waals surface area contributed by atoms with Gasteiger partial charge in [0.15, 0.2) is 5.82 Å². The first kappa shape index (κ1) is 11.5. The van der Waals surface area contributed by atoms with Crippen molar-refractivity contribution in [3.63, 3.8) is 0 Å². The van der Waals surface area contributed by atoms with Crippen LogP contribution in [0.5, 0.6) is 0 Å². The largest absolute Gasteiger partial charge is 0.329 e. The van der Waals surface area contributed by atoms with E-state index < -0.39 is 0 Å². The molecule has 0 spiro atoms. The molecule has 0 aliphatic carbocycles. The van der Waals surface area contributed by atoms with Crippen molar-refractivity contribution in [1.29, 1.82) is 0 Å². The lowest BCUT2D eigenvalue weighted by molar-refractivity contribution is 0.603. The van der Waals surface area contributed by atoms with Crippen LogP contribution in [0.25, 0.3) is 11.4 Å². The second-order valence-electron chi connectivity index (χ2n) is 3.14. The first-order valence-electron chi connectivity index (χ1n) is 4.64. The van der Waals surface area contributed by atoms with Gasteiger partial charge in [0.1, 0.15) is 0 Å². The third-order valence-electron chi connectivity index (χ3n) is 2.05. The molecule has 2 rings (SSSR count). The molecule has 5 nitrogen and oxygen atoms in total. The quantitative estimate of drug-likeness (QED) is 0.937. The molecule has 0 aliphatic rings. The van der Waals surface area contributed by atoms with Crippen molar-refractivity contribution in [3.05, 3.63) is 27.7 Å². The van der Waals surface area contributed by atoms with Gasteiger partial charge >= 0.3 is 0 Å². The van der Waals surface area contributed by atoms with Gasteiger partial charge in [-0.05, 0) is 44.6 Å². The molecule has 0 radical (unpaired) electrons. The number of rotatable bonds is 3. The maximum absolute atomic E-state index is 5.92. The summed E-state index contributed by atoms with van der Waals surface area (Å²) in [5.41, 5.74) is 6.37. The highest BCUT2D eigenvalue weighted by atomic mass is 79.9. The fourth-order valence-electron chi connectivity index (χ4n) is 1.32. The molecule has 2 aromatic rings. The second kappa shape index (κ2) is 4.90. The minimum absolute atomic E-state index is 0.493. The number of hydrogen-bond donors (Lipinski definition) is 1. The van der Waals surface area contributed by atoms with E-state index in [4.69, 9.17) is 17.3 Å². The van der Waals surface area contributed by atoms with Gasteiger partial charge in [0.05, 0.1) is 11.6 Å². The minimum Gasteiger partial charge on any atom is -0.329 e. The SMILES string of the molecule is NCCn1nnnc1-c1ccc(Cl)c(Br)c1. The summed E-state index contributed by atoms with van der Waals surface area (Å²) in [6.45, 7) is 1.08. The van der Waals surface area contributed by atoms with Crippen LogP contribution < -0.4 is 5.73 Å². The van der Waals surface area contributed by atoms with Crippen LogP contribution in [0.3, 0.4) is 0 Å². The number of hydrogen-bond acceptors (Lipinski definition) is 4. The number of nitrogens with zero attached hydrogens (tertiary/aromatic N) is 4. The fourth-order valence-corrected chi connectivity index (χ4v) is 1.82. The average Bonchev–Trinajstić information content (AvgIpc) is 2.71. The Hall–Kier alpha value is -0.980. The van der Waals surface area contributed by atoms with Gasteiger partial charge in [0.2, 0.25) is 0 Å². The van der Waals surface area contributed by atoms with Crippen molar-refractivity contribution in [1.82, 2.24) is 20.2 Å². The lowest BCUT2D eigenvalue weighted by Gasteiger charge is -2.03. The Morgan fingerprint density at radius 3 is 2.94 bits per heavy atom. The van der Waals surface area contributed by atoms with Crippen molar-refractivity contribution in [2.24, 2.45) is 5.73 Å². The molecular formula is C9H9BrClN5. The molecule has 0 bridgehead atoms. The highest BCUT2D eigenvalue weighted by Crippen LogP contribution is 2.27. The third kappa shape index (κ3) is 2.23. The molecule has 0 aliphatic heterocycles. The third-order valence-corrected chi connectivity index (χ3v) is 3.26. The summed E-state index contributed by atoms with van der Waals surface area (Å²) in [4.78, 5) is 0. The Morgan fingerprint density at radius 2 is 2.25 bits per heavy atom. The van der Waals surface area contributed by atoms with E-state index in [1.165, 1.54) is 0 Å². The molecule has 7 heteroatoms. The Bertz CT molecular complexity index is 498. The Kier molecular flexibility index (Phi) is 3.52. The smallest absolute Gasteiger partial charge is 0.182 e. The minimum atomic E-state index is 0.493. The normalized spacial score (nSPS) is 10.7. The van der Waals surface area contributed by atoms with E-state index in [0.717, 1.165) is 10.0 Å². The average molecular weight is 303 g/mol. The molecule has 1 heterocycles. The Balaban J connectivity index is 2.42. The maximum atomic E-state index is 5.92. The molecule has 0 unspecified atom stereocenters. The number of aromatic nitrogens is 4. The summed E-state index contributed by atoms with van der Waals surface area (Å²) >= 11 is 9.28. The van der Waals surface area contributed by atoms with Gasteiger partial charge in [-0.25, -0.2) is 4.68 Å². The van der Waals surface area contributed by atoms with Crippen LogP contribution in [0.2, 0.25) is 5.02 Å². The van der Waals surface area contributed by atoms with Crippen molar-refractivity contribution in [2.45, 2.75) is 6.54 Å². The second-order valence-corrected chi connectivity index (χ2v) is 4.40. The van der Waals surface area contributed by atoms with E-state index in [1.54, 1.807) is 10.7 Å². The van der Waals surface area contributed by atoms with Gasteiger partial charge in [-0.3, -0.25) is 0 Å². The van der Waals surface area contributed by atoms with Gasteiger partial charge < -0.3 is 5.73 Å². The van der Waals surface area contributed by atoms with E-state index in [1.807, 2.05) is 12.1 Å². The Labute approximate surface area is 106 Å². The van der Waals surface area contributed by atoms with Gasteiger partial charge in [-0.15, -0.1) is 5.10 Å². The predicted molar refractivity (Wildman–Crippen MR) is 65.0 cm³/mol. The van der Waals surface area contributed by atoms with Gasteiger partial charge in [-0.2, -0.15) is 0 Å². The topological polar surface area (TPSA) is 69.6 Å². The first-order valence-corrected chi connectivity index (χ1v) is 5.81. The predicted octanol–water partition coefficient (Wildman–Crippen LogP) is 1.71. The molecule has 0 amide bonds. The molecule has 0 atom stereocenters. The van der Waals surface area contributed by atoms with Crippen molar-refractivity contribution < 1.29 is 0 Å². The van der Waals surface area contributed by atoms with E-state index >= 15 is 0 Å². The standard InChI is InChI=1S/C9H9BrClN5/c10-7-5-6(1-2-8(7)11)9-13-14-15-16(9)4-3-12/h1-2,5H,3-4,12H2. The van der Waals surface area contributed by atoms with Crippen LogP contribution in [0, 0.1) is 0 Å². The number of benzene rings is 1. The summed E-state index contributed by atoms with van der Waals surface area (Å²) in [6, 6.07) is 5.54. The summed E-state index contributed by atoms with van der Waals surface area (Å²) in [6.07, 6.45) is 0. The van der Waals surface area contributed by atoms with Gasteiger partial charge in [0, 0.05) is 16.6 Å². The molecule has 2 N–H and O–H groups in total. The van der Waals surface area contributed by atoms with E-state index in [2.05, 4.69) is 31.5 Å². The molecule has 84 valence electrons. The zero-order valence-electron chi connectivity index (χ0n) is 8.27. The van der Waals surface area contributed by atoms with E-state index in [0.29, 0.717) is 23.9 Å². The molecule has 1 aromatic carbocycles. The number of tetrazole rings is 1. The monoisotopic (exact) mass is 301 g/mol. The first-order chi connectivity index (χ1) is 7.72. The fraction of sp³-hybridized carbons (Fsp3) is 0.222. The van der Waals surface area contributed by atoms with Crippen LogP contribution in [-0.2, 0) is 6.54 Å². The van der Waals surface area contributed by atoms with Gasteiger partial charge in [0.25, 0.3) is 0 Å². The van der Waals surface area contributed by atoms with E-state index in [9.17, 15) is 0 Å². The van der Waals surface area contributed by atoms with E-state index in [-0.39, 0.29) is 0 Å². The molecule has 0 saturated heterocycles. The number of nitrogens with two attached hydrogens (primary N) is 1. The lowest BCUT2D eigenvalue weighted by atomic mass is 10.2. The van der Waals surface area contributed by atoms with Gasteiger partial charge in [-0.1, -0.05) is 11.6 Å². The molecule has 1 aromatic heterocycles. The Morgan fingerprint density at radius 1 is 1.44 bits per heavy atom. The van der Waals surface area contributed by atoms with Crippen LogP contribution in [0.1, 0.15) is 0 Å². The van der Waals surface area contributed by atoms with Crippen molar-refractivity contribution in [2.75, 3.05) is 6.54 Å². The summed E-state index contributed by atoms with van der Waals surface area (Å²) in [5.74, 6) is 0.683. The molecular weight excluding hydrogens is 293 g/mol.